The normalized spacial score (nSPS) is 10.2. The van der Waals surface area contributed by atoms with Crippen molar-refractivity contribution < 1.29 is 14.1 Å². The van der Waals surface area contributed by atoms with E-state index in [1.165, 1.54) is 0 Å². The lowest BCUT2D eigenvalue weighted by Crippen LogP contribution is -2.15. The summed E-state index contributed by atoms with van der Waals surface area (Å²) < 4.78 is 13.2. The van der Waals surface area contributed by atoms with Crippen LogP contribution in [-0.4, -0.2) is 10.8 Å². The van der Waals surface area contributed by atoms with Crippen LogP contribution in [-0.2, 0) is 5.88 Å². The number of para-hydroxylation sites is 1. The molecule has 2 aromatic rings. The third-order valence-electron chi connectivity index (χ3n) is 2.81. The largest absolute Gasteiger partial charge is 0.321 e. The van der Waals surface area contributed by atoms with Gasteiger partial charge in [-0.05, 0) is 23.8 Å². The highest BCUT2D eigenvalue weighted by Gasteiger charge is 2.21. The van der Waals surface area contributed by atoms with Gasteiger partial charge in [-0.2, -0.15) is 0 Å². The predicted octanol–water partition coefficient (Wildman–Crippen LogP) is 3.73. The summed E-state index contributed by atoms with van der Waals surface area (Å²) >= 11 is 5.75. The fraction of sp³-hybridized carbons (Fsp3) is 0.0714. The van der Waals surface area contributed by atoms with Gasteiger partial charge in [0, 0.05) is 17.6 Å². The lowest BCUT2D eigenvalue weighted by molar-refractivity contribution is -0.385. The fourth-order valence-corrected chi connectivity index (χ4v) is 2.03. The first-order valence-electron chi connectivity index (χ1n) is 5.92. The summed E-state index contributed by atoms with van der Waals surface area (Å²) in [7, 11) is 0. The van der Waals surface area contributed by atoms with Gasteiger partial charge in [-0.3, -0.25) is 14.9 Å². The topological polar surface area (TPSA) is 72.2 Å². The Morgan fingerprint density at radius 2 is 2.00 bits per heavy atom. The number of halogens is 2. The second kappa shape index (κ2) is 6.32. The van der Waals surface area contributed by atoms with Gasteiger partial charge in [0.1, 0.15) is 11.4 Å². The molecule has 2 rings (SSSR count). The van der Waals surface area contributed by atoms with Gasteiger partial charge in [0.2, 0.25) is 0 Å². The van der Waals surface area contributed by atoms with E-state index in [0.29, 0.717) is 11.3 Å². The third kappa shape index (κ3) is 3.35. The quantitative estimate of drug-likeness (QED) is 0.531. The number of hydrogen-bond acceptors (Lipinski definition) is 3. The Morgan fingerprint density at radius 1 is 1.29 bits per heavy atom. The number of hydrogen-bond donors (Lipinski definition) is 1. The molecule has 0 saturated heterocycles. The van der Waals surface area contributed by atoms with E-state index in [-0.39, 0.29) is 11.4 Å². The number of nitro groups is 1. The van der Waals surface area contributed by atoms with Gasteiger partial charge in [0.25, 0.3) is 11.6 Å². The molecule has 7 heteroatoms. The lowest BCUT2D eigenvalue weighted by Gasteiger charge is -2.09. The van der Waals surface area contributed by atoms with E-state index >= 15 is 0 Å². The van der Waals surface area contributed by atoms with E-state index in [4.69, 9.17) is 11.6 Å². The van der Waals surface area contributed by atoms with Crippen LogP contribution >= 0.6 is 11.6 Å². The van der Waals surface area contributed by atoms with E-state index in [1.807, 2.05) is 0 Å². The highest BCUT2D eigenvalue weighted by atomic mass is 35.5. The maximum absolute atomic E-state index is 13.2. The van der Waals surface area contributed by atoms with Crippen LogP contribution in [0.5, 0.6) is 0 Å². The van der Waals surface area contributed by atoms with Gasteiger partial charge in [-0.15, -0.1) is 11.6 Å². The van der Waals surface area contributed by atoms with Gasteiger partial charge in [-0.25, -0.2) is 4.39 Å². The monoisotopic (exact) mass is 308 g/mol. The number of carbonyl (C=O) groups excluding carboxylic acids is 1. The van der Waals surface area contributed by atoms with Crippen molar-refractivity contribution in [3.05, 3.63) is 69.5 Å². The lowest BCUT2D eigenvalue weighted by atomic mass is 10.1. The number of nitrogens with one attached hydrogen (secondary N) is 1. The van der Waals surface area contributed by atoms with Gasteiger partial charge >= 0.3 is 0 Å². The first-order valence-corrected chi connectivity index (χ1v) is 6.45. The number of amides is 1. The molecule has 0 bridgehead atoms. The Morgan fingerprint density at radius 3 is 2.67 bits per heavy atom. The number of benzene rings is 2. The van der Waals surface area contributed by atoms with Crippen molar-refractivity contribution in [1.29, 1.82) is 0 Å². The Kier molecular flexibility index (Phi) is 4.49. The fourth-order valence-electron chi connectivity index (χ4n) is 1.80. The zero-order valence-electron chi connectivity index (χ0n) is 10.7. The molecule has 0 aliphatic carbocycles. The van der Waals surface area contributed by atoms with Gasteiger partial charge < -0.3 is 5.32 Å². The minimum atomic E-state index is -0.765. The van der Waals surface area contributed by atoms with Crippen molar-refractivity contribution in [1.82, 2.24) is 0 Å². The average molecular weight is 309 g/mol. The minimum absolute atomic E-state index is 0.168. The molecule has 1 amide bonds. The van der Waals surface area contributed by atoms with Crippen LogP contribution in [0.15, 0.2) is 42.5 Å². The van der Waals surface area contributed by atoms with Crippen molar-refractivity contribution >= 4 is 28.9 Å². The third-order valence-corrected chi connectivity index (χ3v) is 3.10. The van der Waals surface area contributed by atoms with Gasteiger partial charge in [-0.1, -0.05) is 18.2 Å². The summed E-state index contributed by atoms with van der Waals surface area (Å²) in [5, 5.41) is 13.4. The molecule has 21 heavy (non-hydrogen) atoms. The summed E-state index contributed by atoms with van der Waals surface area (Å²) in [6.07, 6.45) is 0. The Hall–Kier alpha value is -2.47. The summed E-state index contributed by atoms with van der Waals surface area (Å²) in [4.78, 5) is 22.3. The molecule has 0 heterocycles. The van der Waals surface area contributed by atoms with Crippen LogP contribution in [0.3, 0.4) is 0 Å². The number of nitrogens with zero attached hydrogens (tertiary/aromatic N) is 1. The molecule has 0 unspecified atom stereocenters. The molecule has 0 radical (unpaired) electrons. The highest BCUT2D eigenvalue weighted by molar-refractivity contribution is 6.17. The van der Waals surface area contributed by atoms with Crippen LogP contribution in [0.2, 0.25) is 0 Å². The molecular formula is C14H10ClFN2O3. The molecule has 0 aliphatic heterocycles. The molecule has 0 aromatic heterocycles. The Bertz CT molecular complexity index is 706. The number of anilines is 1. The van der Waals surface area contributed by atoms with Crippen LogP contribution < -0.4 is 5.32 Å². The molecule has 108 valence electrons. The van der Waals surface area contributed by atoms with E-state index in [0.717, 1.165) is 18.2 Å². The number of carbonyl (C=O) groups is 1. The highest BCUT2D eigenvalue weighted by Crippen LogP contribution is 2.23. The second-order valence-corrected chi connectivity index (χ2v) is 4.43. The summed E-state index contributed by atoms with van der Waals surface area (Å²) in [5.74, 6) is -1.32. The summed E-state index contributed by atoms with van der Waals surface area (Å²) in [6, 6.07) is 9.48. The zero-order valence-corrected chi connectivity index (χ0v) is 11.4. The SMILES string of the molecule is O=C(Nc1ccccc1CCl)c1cc(F)ccc1[N+](=O)[O-]. The molecule has 5 nitrogen and oxygen atoms in total. The van der Waals surface area contributed by atoms with E-state index in [9.17, 15) is 19.3 Å². The van der Waals surface area contributed by atoms with Crippen molar-refractivity contribution in [2.75, 3.05) is 5.32 Å². The molecule has 0 saturated carbocycles. The maximum atomic E-state index is 13.2. The van der Waals surface area contributed by atoms with Crippen LogP contribution in [0.1, 0.15) is 15.9 Å². The van der Waals surface area contributed by atoms with Crippen molar-refractivity contribution in [2.24, 2.45) is 0 Å². The predicted molar refractivity (Wildman–Crippen MR) is 77.0 cm³/mol. The first-order chi connectivity index (χ1) is 10.0. The Balaban J connectivity index is 2.37. The van der Waals surface area contributed by atoms with Crippen LogP contribution in [0.25, 0.3) is 0 Å². The van der Waals surface area contributed by atoms with E-state index in [2.05, 4.69) is 5.32 Å². The molecular weight excluding hydrogens is 299 g/mol. The standard InChI is InChI=1S/C14H10ClFN2O3/c15-8-9-3-1-2-4-12(9)17-14(19)11-7-10(16)5-6-13(11)18(20)21/h1-7H,8H2,(H,17,19). The summed E-state index contributed by atoms with van der Waals surface area (Å²) in [5.41, 5.74) is 0.282. The Labute approximate surface area is 124 Å². The van der Waals surface area contributed by atoms with Gasteiger partial charge in [0.05, 0.1) is 4.92 Å². The molecule has 0 spiro atoms. The molecule has 1 N–H and O–H groups in total. The molecule has 0 fully saturated rings. The van der Waals surface area contributed by atoms with Crippen molar-refractivity contribution in [2.45, 2.75) is 5.88 Å². The molecule has 0 aliphatic rings. The number of rotatable bonds is 4. The van der Waals surface area contributed by atoms with E-state index in [1.54, 1.807) is 24.3 Å². The number of nitro benzene ring substituents is 1. The molecule has 2 aromatic carbocycles. The van der Waals surface area contributed by atoms with Crippen LogP contribution in [0.4, 0.5) is 15.8 Å². The number of alkyl halides is 1. The first kappa shape index (κ1) is 14.9. The van der Waals surface area contributed by atoms with Gasteiger partial charge in [0.15, 0.2) is 0 Å². The van der Waals surface area contributed by atoms with Crippen LogP contribution in [0, 0.1) is 15.9 Å². The van der Waals surface area contributed by atoms with Crippen molar-refractivity contribution in [3.8, 4) is 0 Å². The van der Waals surface area contributed by atoms with E-state index < -0.39 is 22.3 Å². The maximum Gasteiger partial charge on any atom is 0.282 e. The zero-order chi connectivity index (χ0) is 15.4. The molecule has 0 atom stereocenters. The second-order valence-electron chi connectivity index (χ2n) is 4.16. The van der Waals surface area contributed by atoms with Crippen molar-refractivity contribution in [3.63, 3.8) is 0 Å². The minimum Gasteiger partial charge on any atom is -0.321 e. The summed E-state index contributed by atoms with van der Waals surface area (Å²) in [6.45, 7) is 0. The smallest absolute Gasteiger partial charge is 0.282 e. The average Bonchev–Trinajstić information content (AvgIpc) is 2.47.